The van der Waals surface area contributed by atoms with Crippen molar-refractivity contribution < 1.29 is 0 Å². The molecule has 1 aromatic heterocycles. The molecule has 2 aromatic rings. The molecule has 0 aliphatic heterocycles. The zero-order chi connectivity index (χ0) is 9.97. The van der Waals surface area contributed by atoms with E-state index in [1.54, 1.807) is 0 Å². The maximum Gasteiger partial charge on any atom is 0.110 e. The van der Waals surface area contributed by atoms with Crippen LogP contribution >= 0.6 is 22.9 Å². The Labute approximate surface area is 91.2 Å². The second-order valence-electron chi connectivity index (χ2n) is 2.82. The Morgan fingerprint density at radius 1 is 1.21 bits per heavy atom. The Bertz CT molecular complexity index is 496. The summed E-state index contributed by atoms with van der Waals surface area (Å²) >= 11 is 7.32. The second kappa shape index (κ2) is 3.83. The van der Waals surface area contributed by atoms with Gasteiger partial charge in [-0.3, -0.25) is 0 Å². The number of rotatable bonds is 1. The minimum absolute atomic E-state index is 0.715. The number of halogens is 1. The molecule has 0 aliphatic rings. The fraction of sp³-hybridized carbons (Fsp3) is 0. The number of nitrogens with zero attached hydrogens (tertiary/aromatic N) is 1. The lowest BCUT2D eigenvalue weighted by molar-refractivity contribution is 1.52. The van der Waals surface area contributed by atoms with Crippen LogP contribution in [0.25, 0.3) is 11.1 Å². The quantitative estimate of drug-likeness (QED) is 0.713. The Morgan fingerprint density at radius 2 is 2.07 bits per heavy atom. The van der Waals surface area contributed by atoms with Gasteiger partial charge < -0.3 is 0 Å². The van der Waals surface area contributed by atoms with Crippen LogP contribution in [-0.2, 0) is 0 Å². The van der Waals surface area contributed by atoms with E-state index in [4.69, 9.17) is 16.9 Å². The average molecular weight is 220 g/mol. The molecule has 1 aromatic carbocycles. The van der Waals surface area contributed by atoms with Gasteiger partial charge in [-0.25, -0.2) is 0 Å². The molecule has 0 spiro atoms. The molecule has 0 saturated carbocycles. The van der Waals surface area contributed by atoms with Crippen molar-refractivity contribution in [2.75, 3.05) is 0 Å². The molecule has 2 rings (SSSR count). The third-order valence-corrected chi connectivity index (χ3v) is 2.94. The predicted octanol–water partition coefficient (Wildman–Crippen LogP) is 3.94. The molecule has 14 heavy (non-hydrogen) atoms. The van der Waals surface area contributed by atoms with Gasteiger partial charge in [-0.05, 0) is 34.7 Å². The van der Waals surface area contributed by atoms with E-state index in [-0.39, 0.29) is 0 Å². The molecule has 0 unspecified atom stereocenters. The molecule has 0 saturated heterocycles. The van der Waals surface area contributed by atoms with Crippen molar-refractivity contribution in [1.29, 1.82) is 5.26 Å². The summed E-state index contributed by atoms with van der Waals surface area (Å²) in [4.78, 5) is 0.722. The predicted molar refractivity (Wildman–Crippen MR) is 59.5 cm³/mol. The zero-order valence-corrected chi connectivity index (χ0v) is 8.77. The summed E-state index contributed by atoms with van der Waals surface area (Å²) in [5.41, 5.74) is 2.10. The fourth-order valence-electron chi connectivity index (χ4n) is 1.21. The van der Waals surface area contributed by atoms with Gasteiger partial charge in [-0.2, -0.15) is 5.26 Å². The summed E-state index contributed by atoms with van der Waals surface area (Å²) in [5, 5.41) is 11.4. The number of hydrogen-bond donors (Lipinski definition) is 0. The number of hydrogen-bond acceptors (Lipinski definition) is 2. The van der Waals surface area contributed by atoms with Gasteiger partial charge in [-0.1, -0.05) is 23.7 Å². The maximum atomic E-state index is 8.69. The van der Waals surface area contributed by atoms with E-state index in [1.807, 2.05) is 35.7 Å². The van der Waals surface area contributed by atoms with Gasteiger partial charge in [0, 0.05) is 5.02 Å². The zero-order valence-electron chi connectivity index (χ0n) is 7.20. The second-order valence-corrected chi connectivity index (χ2v) is 4.17. The summed E-state index contributed by atoms with van der Waals surface area (Å²) in [6, 6.07) is 11.6. The van der Waals surface area contributed by atoms with Crippen LogP contribution in [0.1, 0.15) is 4.88 Å². The minimum Gasteiger partial charge on any atom is -0.192 e. The van der Waals surface area contributed by atoms with Crippen molar-refractivity contribution >= 4 is 22.9 Å². The summed E-state index contributed by atoms with van der Waals surface area (Å²) < 4.78 is 0. The molecule has 0 radical (unpaired) electrons. The Hall–Kier alpha value is -1.30. The van der Waals surface area contributed by atoms with E-state index in [1.165, 1.54) is 11.3 Å². The summed E-state index contributed by atoms with van der Waals surface area (Å²) in [5.74, 6) is 0. The van der Waals surface area contributed by atoms with Gasteiger partial charge >= 0.3 is 0 Å². The molecule has 0 atom stereocenters. The third-order valence-electron chi connectivity index (χ3n) is 1.87. The third kappa shape index (κ3) is 1.79. The lowest BCUT2D eigenvalue weighted by atomic mass is 10.1. The summed E-state index contributed by atoms with van der Waals surface area (Å²) in [7, 11) is 0. The largest absolute Gasteiger partial charge is 0.192 e. The molecule has 0 bridgehead atoms. The van der Waals surface area contributed by atoms with Crippen molar-refractivity contribution in [2.24, 2.45) is 0 Å². The van der Waals surface area contributed by atoms with E-state index in [2.05, 4.69) is 6.07 Å². The fourth-order valence-corrected chi connectivity index (χ4v) is 2.11. The molecular formula is C11H6ClNS. The molecule has 1 heterocycles. The van der Waals surface area contributed by atoms with Crippen LogP contribution < -0.4 is 0 Å². The summed E-state index contributed by atoms with van der Waals surface area (Å²) in [6.07, 6.45) is 0. The molecule has 0 amide bonds. The number of nitriles is 1. The van der Waals surface area contributed by atoms with E-state index < -0.39 is 0 Å². The smallest absolute Gasteiger partial charge is 0.110 e. The van der Waals surface area contributed by atoms with E-state index in [0.717, 1.165) is 16.0 Å². The highest BCUT2D eigenvalue weighted by atomic mass is 35.5. The van der Waals surface area contributed by atoms with Crippen LogP contribution in [0.3, 0.4) is 0 Å². The highest BCUT2D eigenvalue weighted by molar-refractivity contribution is 7.10. The molecule has 0 fully saturated rings. The van der Waals surface area contributed by atoms with E-state index in [9.17, 15) is 0 Å². The lowest BCUT2D eigenvalue weighted by Gasteiger charge is -1.96. The Morgan fingerprint density at radius 3 is 2.71 bits per heavy atom. The van der Waals surface area contributed by atoms with Crippen LogP contribution in [0.2, 0.25) is 5.02 Å². The maximum absolute atomic E-state index is 8.69. The summed E-state index contributed by atoms with van der Waals surface area (Å²) in [6.45, 7) is 0. The van der Waals surface area contributed by atoms with Crippen LogP contribution in [0.5, 0.6) is 0 Å². The molecule has 0 aliphatic carbocycles. The van der Waals surface area contributed by atoms with Gasteiger partial charge in [0.1, 0.15) is 10.9 Å². The first kappa shape index (κ1) is 9.26. The molecular weight excluding hydrogens is 214 g/mol. The molecule has 1 nitrogen and oxygen atoms in total. The topological polar surface area (TPSA) is 23.8 Å². The standard InChI is InChI=1S/C11H6ClNS/c12-10-3-1-2-8(4-10)9-5-11(6-13)14-7-9/h1-5,7H. The highest BCUT2D eigenvalue weighted by Gasteiger charge is 2.01. The Balaban J connectivity index is 2.45. The molecule has 68 valence electrons. The van der Waals surface area contributed by atoms with Crippen LogP contribution in [0.15, 0.2) is 35.7 Å². The van der Waals surface area contributed by atoms with E-state index in [0.29, 0.717) is 5.02 Å². The van der Waals surface area contributed by atoms with Crippen LogP contribution in [0, 0.1) is 11.3 Å². The number of thiophene rings is 1. The van der Waals surface area contributed by atoms with Crippen molar-refractivity contribution in [3.8, 4) is 17.2 Å². The average Bonchev–Trinajstić information content (AvgIpc) is 2.66. The van der Waals surface area contributed by atoms with Gasteiger partial charge in [0.15, 0.2) is 0 Å². The van der Waals surface area contributed by atoms with Crippen molar-refractivity contribution in [2.45, 2.75) is 0 Å². The van der Waals surface area contributed by atoms with Gasteiger partial charge in [-0.15, -0.1) is 11.3 Å². The Kier molecular flexibility index (Phi) is 2.53. The van der Waals surface area contributed by atoms with Crippen molar-refractivity contribution in [3.63, 3.8) is 0 Å². The first-order valence-electron chi connectivity index (χ1n) is 4.04. The first-order valence-corrected chi connectivity index (χ1v) is 5.30. The monoisotopic (exact) mass is 219 g/mol. The molecule has 3 heteroatoms. The van der Waals surface area contributed by atoms with E-state index >= 15 is 0 Å². The normalized spacial score (nSPS) is 9.71. The minimum atomic E-state index is 0.715. The van der Waals surface area contributed by atoms with Gasteiger partial charge in [0.25, 0.3) is 0 Å². The molecule has 0 N–H and O–H groups in total. The van der Waals surface area contributed by atoms with Crippen molar-refractivity contribution in [1.82, 2.24) is 0 Å². The van der Waals surface area contributed by atoms with Gasteiger partial charge in [0.05, 0.1) is 0 Å². The number of benzene rings is 1. The highest BCUT2D eigenvalue weighted by Crippen LogP contribution is 2.26. The van der Waals surface area contributed by atoms with Gasteiger partial charge in [0.2, 0.25) is 0 Å². The first-order chi connectivity index (χ1) is 6.79. The van der Waals surface area contributed by atoms with Crippen molar-refractivity contribution in [3.05, 3.63) is 45.6 Å². The van der Waals surface area contributed by atoms with Crippen LogP contribution in [-0.4, -0.2) is 0 Å². The lowest BCUT2D eigenvalue weighted by Crippen LogP contribution is -1.72. The SMILES string of the molecule is N#Cc1cc(-c2cccc(Cl)c2)cs1. The van der Waals surface area contributed by atoms with Crippen LogP contribution in [0.4, 0.5) is 0 Å².